The summed E-state index contributed by atoms with van der Waals surface area (Å²) in [5, 5.41) is 9.09. The Morgan fingerprint density at radius 2 is 1.95 bits per heavy atom. The highest BCUT2D eigenvalue weighted by molar-refractivity contribution is 5.95. The number of para-hydroxylation sites is 1. The van der Waals surface area contributed by atoms with Gasteiger partial charge in [-0.1, -0.05) is 18.2 Å². The summed E-state index contributed by atoms with van der Waals surface area (Å²) >= 11 is 0. The molecule has 0 spiro atoms. The van der Waals surface area contributed by atoms with Crippen LogP contribution in [0.5, 0.6) is 0 Å². The molecule has 4 nitrogen and oxygen atoms in total. The molecule has 1 aromatic carbocycles. The molecule has 0 saturated carbocycles. The maximum absolute atomic E-state index is 12.5. The molecule has 0 atom stereocenters. The maximum Gasteiger partial charge on any atom is 0.241 e. The van der Waals surface area contributed by atoms with Crippen LogP contribution in [0.25, 0.3) is 0 Å². The largest absolute Gasteiger partial charge is 0.395 e. The van der Waals surface area contributed by atoms with E-state index in [1.165, 1.54) is 0 Å². The van der Waals surface area contributed by atoms with Crippen LogP contribution in [-0.2, 0) is 4.79 Å². The number of rotatable bonds is 7. The van der Waals surface area contributed by atoms with E-state index < -0.39 is 0 Å². The van der Waals surface area contributed by atoms with Crippen LogP contribution in [0.1, 0.15) is 26.3 Å². The van der Waals surface area contributed by atoms with E-state index in [-0.39, 0.29) is 18.6 Å². The average Bonchev–Trinajstić information content (AvgIpc) is 2.41. The van der Waals surface area contributed by atoms with Gasteiger partial charge in [-0.3, -0.25) is 9.69 Å². The Morgan fingerprint density at radius 1 is 1.30 bits per heavy atom. The molecular formula is C16H26N2O2. The lowest BCUT2D eigenvalue weighted by atomic mass is 10.1. The molecule has 112 valence electrons. The van der Waals surface area contributed by atoms with Crippen molar-refractivity contribution in [1.29, 1.82) is 0 Å². The molecule has 0 aliphatic heterocycles. The summed E-state index contributed by atoms with van der Waals surface area (Å²) in [6, 6.07) is 8.15. The number of aryl methyl sites for hydroxylation is 1. The van der Waals surface area contributed by atoms with Crippen LogP contribution in [0.4, 0.5) is 5.69 Å². The van der Waals surface area contributed by atoms with Crippen molar-refractivity contribution in [2.75, 3.05) is 31.1 Å². The van der Waals surface area contributed by atoms with Crippen molar-refractivity contribution in [2.45, 2.75) is 33.7 Å². The van der Waals surface area contributed by atoms with Crippen molar-refractivity contribution in [3.05, 3.63) is 29.8 Å². The molecule has 0 unspecified atom stereocenters. The number of hydrogen-bond acceptors (Lipinski definition) is 3. The molecular weight excluding hydrogens is 252 g/mol. The fourth-order valence-electron chi connectivity index (χ4n) is 2.25. The SMILES string of the molecule is CCN(C(=O)CN(CCO)C(C)C)c1ccccc1C. The zero-order valence-electron chi connectivity index (χ0n) is 13.0. The van der Waals surface area contributed by atoms with Crippen LogP contribution in [-0.4, -0.2) is 48.2 Å². The first-order valence-electron chi connectivity index (χ1n) is 7.22. The van der Waals surface area contributed by atoms with Crippen molar-refractivity contribution < 1.29 is 9.90 Å². The lowest BCUT2D eigenvalue weighted by Crippen LogP contribution is -2.44. The van der Waals surface area contributed by atoms with Gasteiger partial charge in [0.05, 0.1) is 13.2 Å². The van der Waals surface area contributed by atoms with Crippen molar-refractivity contribution in [3.63, 3.8) is 0 Å². The molecule has 1 amide bonds. The fourth-order valence-corrected chi connectivity index (χ4v) is 2.25. The summed E-state index contributed by atoms with van der Waals surface area (Å²) in [6.07, 6.45) is 0. The van der Waals surface area contributed by atoms with Gasteiger partial charge in [0.15, 0.2) is 0 Å². The average molecular weight is 278 g/mol. The molecule has 0 heterocycles. The third kappa shape index (κ3) is 4.32. The lowest BCUT2D eigenvalue weighted by molar-refractivity contribution is -0.120. The Hall–Kier alpha value is -1.39. The summed E-state index contributed by atoms with van der Waals surface area (Å²) in [5.74, 6) is 0.0731. The normalized spacial score (nSPS) is 11.2. The lowest BCUT2D eigenvalue weighted by Gasteiger charge is -2.29. The number of aliphatic hydroxyl groups is 1. The van der Waals surface area contributed by atoms with E-state index in [9.17, 15) is 4.79 Å². The standard InChI is InChI=1S/C16H26N2O2/c1-5-18(15-9-7-6-8-14(15)4)16(20)12-17(10-11-19)13(2)3/h6-9,13,19H,5,10-12H2,1-4H3. The molecule has 0 saturated heterocycles. The molecule has 0 radical (unpaired) electrons. The number of benzene rings is 1. The van der Waals surface area contributed by atoms with Gasteiger partial charge in [0, 0.05) is 24.8 Å². The number of hydrogen-bond donors (Lipinski definition) is 1. The molecule has 1 aromatic rings. The quantitative estimate of drug-likeness (QED) is 0.830. The van der Waals surface area contributed by atoms with Gasteiger partial charge < -0.3 is 10.0 Å². The maximum atomic E-state index is 12.5. The second-order valence-corrected chi connectivity index (χ2v) is 5.21. The number of nitrogens with zero attached hydrogens (tertiary/aromatic N) is 2. The van der Waals surface area contributed by atoms with Gasteiger partial charge in [-0.25, -0.2) is 0 Å². The zero-order valence-corrected chi connectivity index (χ0v) is 13.0. The first kappa shape index (κ1) is 16.7. The molecule has 0 aliphatic carbocycles. The van der Waals surface area contributed by atoms with Gasteiger partial charge >= 0.3 is 0 Å². The van der Waals surface area contributed by atoms with Crippen molar-refractivity contribution in [1.82, 2.24) is 4.90 Å². The molecule has 0 aliphatic rings. The van der Waals surface area contributed by atoms with Gasteiger partial charge in [-0.2, -0.15) is 0 Å². The van der Waals surface area contributed by atoms with Crippen LogP contribution in [0.3, 0.4) is 0 Å². The van der Waals surface area contributed by atoms with Crippen LogP contribution >= 0.6 is 0 Å². The molecule has 20 heavy (non-hydrogen) atoms. The van der Waals surface area contributed by atoms with Gasteiger partial charge in [-0.15, -0.1) is 0 Å². The smallest absolute Gasteiger partial charge is 0.241 e. The molecule has 1 N–H and O–H groups in total. The predicted octanol–water partition coefficient (Wildman–Crippen LogP) is 2.05. The Balaban J connectivity index is 2.85. The van der Waals surface area contributed by atoms with E-state index in [1.54, 1.807) is 0 Å². The van der Waals surface area contributed by atoms with Gasteiger partial charge in [0.1, 0.15) is 0 Å². The minimum absolute atomic E-state index is 0.0714. The number of likely N-dealkylation sites (N-methyl/N-ethyl adjacent to an activating group) is 1. The Labute approximate surface area is 122 Å². The summed E-state index contributed by atoms with van der Waals surface area (Å²) in [4.78, 5) is 16.3. The van der Waals surface area contributed by atoms with Crippen LogP contribution in [0.15, 0.2) is 24.3 Å². The van der Waals surface area contributed by atoms with E-state index in [0.717, 1.165) is 11.3 Å². The van der Waals surface area contributed by atoms with E-state index in [0.29, 0.717) is 19.6 Å². The Bertz CT molecular complexity index is 432. The summed E-state index contributed by atoms with van der Waals surface area (Å²) in [5.41, 5.74) is 2.06. The first-order chi connectivity index (χ1) is 9.51. The third-order valence-electron chi connectivity index (χ3n) is 3.48. The van der Waals surface area contributed by atoms with Crippen molar-refractivity contribution in [2.24, 2.45) is 0 Å². The zero-order chi connectivity index (χ0) is 15.1. The topological polar surface area (TPSA) is 43.8 Å². The van der Waals surface area contributed by atoms with Gasteiger partial charge in [-0.05, 0) is 39.3 Å². The Kier molecular flexibility index (Phi) is 6.68. The van der Waals surface area contributed by atoms with E-state index in [2.05, 4.69) is 0 Å². The highest BCUT2D eigenvalue weighted by Gasteiger charge is 2.20. The fraction of sp³-hybridized carbons (Fsp3) is 0.562. The number of carbonyl (C=O) groups excluding carboxylic acids is 1. The second-order valence-electron chi connectivity index (χ2n) is 5.21. The molecule has 0 aromatic heterocycles. The van der Waals surface area contributed by atoms with Gasteiger partial charge in [0.25, 0.3) is 0 Å². The second kappa shape index (κ2) is 8.02. The first-order valence-corrected chi connectivity index (χ1v) is 7.22. The number of aliphatic hydroxyl groups excluding tert-OH is 1. The van der Waals surface area contributed by atoms with Crippen molar-refractivity contribution in [3.8, 4) is 0 Å². The molecule has 0 bridgehead atoms. The predicted molar refractivity (Wildman–Crippen MR) is 83.0 cm³/mol. The van der Waals surface area contributed by atoms with Crippen LogP contribution in [0, 0.1) is 6.92 Å². The number of anilines is 1. The Morgan fingerprint density at radius 3 is 2.45 bits per heavy atom. The number of amides is 1. The number of carbonyl (C=O) groups is 1. The van der Waals surface area contributed by atoms with Crippen LogP contribution < -0.4 is 4.90 Å². The summed E-state index contributed by atoms with van der Waals surface area (Å²) < 4.78 is 0. The third-order valence-corrected chi connectivity index (χ3v) is 3.48. The van der Waals surface area contributed by atoms with E-state index in [4.69, 9.17) is 5.11 Å². The van der Waals surface area contributed by atoms with Crippen LogP contribution in [0.2, 0.25) is 0 Å². The summed E-state index contributed by atoms with van der Waals surface area (Å²) in [7, 11) is 0. The monoisotopic (exact) mass is 278 g/mol. The minimum atomic E-state index is 0.0714. The molecule has 1 rings (SSSR count). The molecule has 4 heteroatoms. The molecule has 0 fully saturated rings. The van der Waals surface area contributed by atoms with E-state index in [1.807, 2.05) is 61.8 Å². The summed E-state index contributed by atoms with van der Waals surface area (Å²) in [6.45, 7) is 9.64. The highest BCUT2D eigenvalue weighted by Crippen LogP contribution is 2.19. The van der Waals surface area contributed by atoms with Crippen molar-refractivity contribution >= 4 is 11.6 Å². The van der Waals surface area contributed by atoms with Gasteiger partial charge in [0.2, 0.25) is 5.91 Å². The highest BCUT2D eigenvalue weighted by atomic mass is 16.3. The minimum Gasteiger partial charge on any atom is -0.395 e. The van der Waals surface area contributed by atoms with E-state index >= 15 is 0 Å².